The highest BCUT2D eigenvalue weighted by Gasteiger charge is 2.39. The molecule has 0 spiro atoms. The molecule has 3 nitrogen and oxygen atoms in total. The quantitative estimate of drug-likeness (QED) is 0.639. The van der Waals surface area contributed by atoms with Crippen molar-refractivity contribution in [3.05, 3.63) is 78.9 Å². The largest absolute Gasteiger partial charge is 0.325 e. The Bertz CT molecular complexity index is 989. The van der Waals surface area contributed by atoms with Gasteiger partial charge in [-0.15, -0.1) is 0 Å². The molecule has 1 amide bonds. The number of nitrogens with one attached hydrogen (secondary N) is 2. The number of fused-ring (bicyclic) bond motifs is 3. The molecule has 1 aliphatic carbocycles. The third-order valence-corrected chi connectivity index (χ3v) is 6.45. The number of carbonyl (C=O) groups is 1. The molecule has 3 fully saturated rings. The molecule has 3 heteroatoms. The van der Waals surface area contributed by atoms with Crippen molar-refractivity contribution in [1.82, 2.24) is 5.32 Å². The topological polar surface area (TPSA) is 41.1 Å². The predicted molar refractivity (Wildman–Crippen MR) is 119 cm³/mol. The van der Waals surface area contributed by atoms with E-state index in [4.69, 9.17) is 0 Å². The van der Waals surface area contributed by atoms with Crippen molar-refractivity contribution in [1.29, 1.82) is 0 Å². The summed E-state index contributed by atoms with van der Waals surface area (Å²) in [5, 5.41) is 6.77. The van der Waals surface area contributed by atoms with E-state index in [0.717, 1.165) is 36.2 Å². The van der Waals surface area contributed by atoms with Gasteiger partial charge in [-0.2, -0.15) is 0 Å². The van der Waals surface area contributed by atoms with Crippen molar-refractivity contribution in [3.8, 4) is 22.3 Å². The van der Waals surface area contributed by atoms with Crippen molar-refractivity contribution >= 4 is 11.6 Å². The van der Waals surface area contributed by atoms with E-state index in [-0.39, 0.29) is 11.8 Å². The summed E-state index contributed by atoms with van der Waals surface area (Å²) >= 11 is 0. The van der Waals surface area contributed by atoms with Crippen LogP contribution in [0.2, 0.25) is 0 Å². The fourth-order valence-corrected chi connectivity index (χ4v) is 4.84. The Hall–Kier alpha value is -2.91. The van der Waals surface area contributed by atoms with Crippen LogP contribution in [0.4, 0.5) is 5.69 Å². The Labute approximate surface area is 172 Å². The lowest BCUT2D eigenvalue weighted by atomic mass is 9.73. The summed E-state index contributed by atoms with van der Waals surface area (Å²) in [6.07, 6.45) is 3.38. The maximum atomic E-state index is 13.0. The minimum absolute atomic E-state index is 0.0796. The Morgan fingerprint density at radius 1 is 0.793 bits per heavy atom. The van der Waals surface area contributed by atoms with Gasteiger partial charge in [0.15, 0.2) is 0 Å². The predicted octanol–water partition coefficient (Wildman–Crippen LogP) is 5.35. The third kappa shape index (κ3) is 3.70. The van der Waals surface area contributed by atoms with Crippen LogP contribution in [-0.2, 0) is 4.79 Å². The van der Waals surface area contributed by atoms with Crippen LogP contribution < -0.4 is 10.6 Å². The molecule has 2 N–H and O–H groups in total. The van der Waals surface area contributed by atoms with Gasteiger partial charge in [-0.25, -0.2) is 0 Å². The van der Waals surface area contributed by atoms with Gasteiger partial charge in [0.2, 0.25) is 5.91 Å². The molecular formula is C26H26N2O. The van der Waals surface area contributed by atoms with Crippen LogP contribution in [0, 0.1) is 11.8 Å². The van der Waals surface area contributed by atoms with Crippen molar-refractivity contribution in [2.75, 3.05) is 11.9 Å². The first-order valence-corrected chi connectivity index (χ1v) is 10.6. The van der Waals surface area contributed by atoms with Crippen molar-refractivity contribution in [2.45, 2.75) is 25.3 Å². The molecule has 3 atom stereocenters. The van der Waals surface area contributed by atoms with Gasteiger partial charge >= 0.3 is 0 Å². The fraction of sp³-hybridized carbons (Fsp3) is 0.269. The molecule has 0 radical (unpaired) electrons. The number of piperidine rings is 2. The average Bonchev–Trinajstić information content (AvgIpc) is 2.81. The molecule has 29 heavy (non-hydrogen) atoms. The normalized spacial score (nSPS) is 23.0. The zero-order valence-electron chi connectivity index (χ0n) is 16.5. The van der Waals surface area contributed by atoms with Gasteiger partial charge < -0.3 is 10.6 Å². The van der Waals surface area contributed by atoms with E-state index in [1.54, 1.807) is 0 Å². The second-order valence-corrected chi connectivity index (χ2v) is 8.28. The summed E-state index contributed by atoms with van der Waals surface area (Å²) in [5.41, 5.74) is 5.48. The van der Waals surface area contributed by atoms with Crippen molar-refractivity contribution < 1.29 is 4.79 Å². The monoisotopic (exact) mass is 382 g/mol. The molecule has 3 aromatic rings. The summed E-state index contributed by atoms with van der Waals surface area (Å²) in [7, 11) is 0. The van der Waals surface area contributed by atoms with Gasteiger partial charge in [0.1, 0.15) is 0 Å². The molecule has 0 aromatic heterocycles. The highest BCUT2D eigenvalue weighted by atomic mass is 16.1. The smallest absolute Gasteiger partial charge is 0.229 e. The zero-order valence-corrected chi connectivity index (χ0v) is 16.5. The molecule has 3 unspecified atom stereocenters. The molecule has 1 saturated carbocycles. The summed E-state index contributed by atoms with van der Waals surface area (Å²) in [4.78, 5) is 13.0. The zero-order chi connectivity index (χ0) is 19.6. The summed E-state index contributed by atoms with van der Waals surface area (Å²) in [6.45, 7) is 1.07. The van der Waals surface area contributed by atoms with Crippen molar-refractivity contribution in [2.24, 2.45) is 11.8 Å². The molecule has 6 rings (SSSR count). The van der Waals surface area contributed by atoms with Crippen LogP contribution in [0.3, 0.4) is 0 Å². The standard InChI is InChI=1S/C26H26N2O/c29-26(23-16-18-10-15-24(23)27-17-18)28-25-9-5-4-8-22(25)21-13-11-20(12-14-21)19-6-2-1-3-7-19/h1-9,11-14,18,23-24,27H,10,15-17H2,(H,28,29). The van der Waals surface area contributed by atoms with Gasteiger partial charge in [0, 0.05) is 17.3 Å². The summed E-state index contributed by atoms with van der Waals surface area (Å²) in [5.74, 6) is 0.882. The Morgan fingerprint density at radius 2 is 1.48 bits per heavy atom. The second kappa shape index (κ2) is 7.84. The fourth-order valence-electron chi connectivity index (χ4n) is 4.84. The Morgan fingerprint density at radius 3 is 2.17 bits per heavy atom. The lowest BCUT2D eigenvalue weighted by molar-refractivity contribution is -0.123. The first kappa shape index (κ1) is 18.1. The Balaban J connectivity index is 1.37. The van der Waals surface area contributed by atoms with Crippen LogP contribution in [0.25, 0.3) is 22.3 Å². The summed E-state index contributed by atoms with van der Waals surface area (Å²) in [6, 6.07) is 27.4. The van der Waals surface area contributed by atoms with Gasteiger partial charge in [-0.1, -0.05) is 72.8 Å². The van der Waals surface area contributed by atoms with E-state index in [0.29, 0.717) is 12.0 Å². The molecule has 146 valence electrons. The SMILES string of the molecule is O=C(Nc1ccccc1-c1ccc(-c2ccccc2)cc1)C1CC2CCC1NC2. The number of rotatable bonds is 4. The first-order chi connectivity index (χ1) is 14.3. The minimum Gasteiger partial charge on any atom is -0.325 e. The number of benzene rings is 3. The maximum Gasteiger partial charge on any atom is 0.229 e. The highest BCUT2D eigenvalue weighted by Crippen LogP contribution is 2.35. The van der Waals surface area contributed by atoms with Gasteiger partial charge in [0.05, 0.1) is 5.92 Å². The second-order valence-electron chi connectivity index (χ2n) is 8.28. The molecule has 3 aliphatic rings. The molecule has 2 aliphatic heterocycles. The van der Waals surface area contributed by atoms with Gasteiger partial charge in [0.25, 0.3) is 0 Å². The number of carbonyl (C=O) groups excluding carboxylic acids is 1. The van der Waals surface area contributed by atoms with Crippen LogP contribution in [-0.4, -0.2) is 18.5 Å². The van der Waals surface area contributed by atoms with Crippen LogP contribution in [0.5, 0.6) is 0 Å². The molecule has 3 aromatic carbocycles. The molecule has 2 saturated heterocycles. The highest BCUT2D eigenvalue weighted by molar-refractivity contribution is 5.97. The van der Waals surface area contributed by atoms with Crippen LogP contribution in [0.1, 0.15) is 19.3 Å². The Kier molecular flexibility index (Phi) is 4.91. The molecule has 2 bridgehead atoms. The van der Waals surface area contributed by atoms with Gasteiger partial charge in [-0.05, 0) is 54.5 Å². The van der Waals surface area contributed by atoms with Crippen LogP contribution in [0.15, 0.2) is 78.9 Å². The summed E-state index contributed by atoms with van der Waals surface area (Å²) < 4.78 is 0. The lowest BCUT2D eigenvalue weighted by Crippen LogP contribution is -2.53. The number of para-hydroxylation sites is 1. The molecule has 2 heterocycles. The van der Waals surface area contributed by atoms with E-state index in [2.05, 4.69) is 65.2 Å². The van der Waals surface area contributed by atoms with E-state index in [9.17, 15) is 4.79 Å². The number of amides is 1. The molecular weight excluding hydrogens is 356 g/mol. The van der Waals surface area contributed by atoms with Crippen molar-refractivity contribution in [3.63, 3.8) is 0 Å². The first-order valence-electron chi connectivity index (χ1n) is 10.6. The van der Waals surface area contributed by atoms with E-state index >= 15 is 0 Å². The van der Waals surface area contributed by atoms with Crippen LogP contribution >= 0.6 is 0 Å². The number of hydrogen-bond acceptors (Lipinski definition) is 2. The third-order valence-electron chi connectivity index (χ3n) is 6.45. The number of anilines is 1. The average molecular weight is 383 g/mol. The van der Waals surface area contributed by atoms with E-state index < -0.39 is 0 Å². The maximum absolute atomic E-state index is 13.0. The number of hydrogen-bond donors (Lipinski definition) is 2. The van der Waals surface area contributed by atoms with Gasteiger partial charge in [-0.3, -0.25) is 4.79 Å². The van der Waals surface area contributed by atoms with E-state index in [1.807, 2.05) is 24.3 Å². The lowest BCUT2D eigenvalue weighted by Gasteiger charge is -2.42. The minimum atomic E-state index is 0.0796. The van der Waals surface area contributed by atoms with E-state index in [1.165, 1.54) is 17.5 Å².